The number of rotatable bonds is 5. The number of aliphatic imine (C=N–C) groups is 1. The van der Waals surface area contributed by atoms with Crippen molar-refractivity contribution < 1.29 is 28.2 Å². The highest BCUT2D eigenvalue weighted by Crippen LogP contribution is 2.57. The number of hydrogen-bond donors (Lipinski definition) is 1. The fourth-order valence-electron chi connectivity index (χ4n) is 7.53. The molecular formula is C32H36FN3O5. The monoisotopic (exact) mass is 561 g/mol. The van der Waals surface area contributed by atoms with Gasteiger partial charge in [0, 0.05) is 11.1 Å². The Hall–Kier alpha value is -3.75. The largest absolute Gasteiger partial charge is 0.458 e. The minimum absolute atomic E-state index is 0.168. The number of carbonyl (C=O) groups is 3. The second kappa shape index (κ2) is 10.3. The topological polar surface area (TPSA) is 97.3 Å². The number of alkyl carbamates (subject to hydrolysis) is 1. The molecule has 2 aromatic rings. The first kappa shape index (κ1) is 27.4. The molecule has 5 aliphatic rings. The smallest absolute Gasteiger partial charge is 0.409 e. The van der Waals surface area contributed by atoms with Gasteiger partial charge < -0.3 is 9.47 Å². The third-order valence-corrected chi connectivity index (χ3v) is 8.59. The number of para-hydroxylation sites is 1. The molecule has 7 rings (SSSR count). The summed E-state index contributed by atoms with van der Waals surface area (Å²) in [6.45, 7) is 4.76. The van der Waals surface area contributed by atoms with E-state index in [2.05, 4.69) is 10.3 Å². The summed E-state index contributed by atoms with van der Waals surface area (Å²) in [5.41, 5.74) is -0.0898. The van der Waals surface area contributed by atoms with Gasteiger partial charge in [-0.05, 0) is 95.2 Å². The summed E-state index contributed by atoms with van der Waals surface area (Å²) >= 11 is 0. The minimum Gasteiger partial charge on any atom is -0.458 e. The fourth-order valence-corrected chi connectivity index (χ4v) is 7.53. The molecule has 9 heteroatoms. The molecule has 2 aromatic carbocycles. The molecule has 4 aliphatic carbocycles. The van der Waals surface area contributed by atoms with Crippen LogP contribution < -0.4 is 10.2 Å². The molecule has 0 aromatic heterocycles. The van der Waals surface area contributed by atoms with Crippen LogP contribution in [0, 0.1) is 23.6 Å². The molecule has 4 bridgehead atoms. The summed E-state index contributed by atoms with van der Waals surface area (Å²) in [6, 6.07) is 13.0. The van der Waals surface area contributed by atoms with E-state index in [1.165, 1.54) is 30.2 Å². The number of carbonyl (C=O) groups excluding carboxylic acids is 3. The van der Waals surface area contributed by atoms with Crippen LogP contribution in [0.1, 0.15) is 70.4 Å². The van der Waals surface area contributed by atoms with Gasteiger partial charge in [-0.3, -0.25) is 19.8 Å². The van der Waals surface area contributed by atoms with Crippen molar-refractivity contribution in [3.8, 4) is 0 Å². The number of benzene rings is 2. The number of hydrogen-bond acceptors (Lipinski definition) is 6. The summed E-state index contributed by atoms with van der Waals surface area (Å²) in [7, 11) is 0. The number of halogens is 1. The lowest BCUT2D eigenvalue weighted by molar-refractivity contribution is -0.185. The standard InChI is InChI=1S/C32H36FN3O5/c1-31(2,3)41-30(39)35-28-29(38)36(18-26(37)40-32-15-19-12-20(16-32)14-21(13-19)17-32)25-11-7-5-9-23(25)27(34-28)22-8-4-6-10-24(22)33/h4-11,19-21,28H,12-18H2,1-3H3,(H,35,39). The molecule has 2 amide bonds. The molecule has 0 radical (unpaired) electrons. The van der Waals surface area contributed by atoms with Gasteiger partial charge in [0.1, 0.15) is 23.6 Å². The molecule has 8 nitrogen and oxygen atoms in total. The van der Waals surface area contributed by atoms with E-state index in [0.717, 1.165) is 19.3 Å². The minimum atomic E-state index is -1.46. The Kier molecular flexibility index (Phi) is 6.86. The van der Waals surface area contributed by atoms with Gasteiger partial charge in [-0.15, -0.1) is 0 Å². The van der Waals surface area contributed by atoms with Crippen molar-refractivity contribution in [3.63, 3.8) is 0 Å². The summed E-state index contributed by atoms with van der Waals surface area (Å²) in [4.78, 5) is 46.2. The Morgan fingerprint density at radius 1 is 0.976 bits per heavy atom. The van der Waals surface area contributed by atoms with E-state index in [1.54, 1.807) is 63.2 Å². The number of fused-ring (bicyclic) bond motifs is 1. The van der Waals surface area contributed by atoms with Gasteiger partial charge in [0.05, 0.1) is 11.4 Å². The highest BCUT2D eigenvalue weighted by atomic mass is 19.1. The maximum absolute atomic E-state index is 15.1. The van der Waals surface area contributed by atoms with Crippen LogP contribution in [0.2, 0.25) is 0 Å². The van der Waals surface area contributed by atoms with Gasteiger partial charge in [0.15, 0.2) is 0 Å². The molecule has 1 heterocycles. The molecule has 216 valence electrons. The number of amides is 2. The van der Waals surface area contributed by atoms with Gasteiger partial charge >= 0.3 is 12.1 Å². The zero-order chi connectivity index (χ0) is 28.9. The molecular weight excluding hydrogens is 525 g/mol. The third-order valence-electron chi connectivity index (χ3n) is 8.59. The van der Waals surface area contributed by atoms with Crippen LogP contribution in [-0.2, 0) is 19.1 Å². The number of benzodiazepines with no additional fused rings is 1. The molecule has 1 atom stereocenters. The zero-order valence-electron chi connectivity index (χ0n) is 23.7. The van der Waals surface area contributed by atoms with Gasteiger partial charge in [-0.25, -0.2) is 14.2 Å². The van der Waals surface area contributed by atoms with Gasteiger partial charge in [-0.2, -0.15) is 0 Å². The van der Waals surface area contributed by atoms with Crippen LogP contribution in [0.4, 0.5) is 14.9 Å². The lowest BCUT2D eigenvalue weighted by Crippen LogP contribution is -2.54. The Balaban J connectivity index is 1.34. The zero-order valence-corrected chi connectivity index (χ0v) is 23.7. The molecule has 0 spiro atoms. The number of nitrogens with one attached hydrogen (secondary N) is 1. The van der Waals surface area contributed by atoms with Crippen molar-refractivity contribution in [2.45, 2.75) is 76.7 Å². The lowest BCUT2D eigenvalue weighted by atomic mass is 9.54. The van der Waals surface area contributed by atoms with E-state index in [0.29, 0.717) is 29.0 Å². The highest BCUT2D eigenvalue weighted by molar-refractivity contribution is 6.20. The third kappa shape index (κ3) is 5.59. The van der Waals surface area contributed by atoms with Crippen molar-refractivity contribution >= 4 is 29.4 Å². The van der Waals surface area contributed by atoms with Gasteiger partial charge in [0.25, 0.3) is 5.91 Å². The number of anilines is 1. The van der Waals surface area contributed by atoms with Crippen LogP contribution in [0.15, 0.2) is 53.5 Å². The van der Waals surface area contributed by atoms with E-state index in [1.807, 2.05) is 0 Å². The molecule has 41 heavy (non-hydrogen) atoms. The number of nitrogens with zero attached hydrogens (tertiary/aromatic N) is 2. The normalized spacial score (nSPS) is 28.4. The first-order valence-electron chi connectivity index (χ1n) is 14.4. The average molecular weight is 562 g/mol. The van der Waals surface area contributed by atoms with Crippen LogP contribution >= 0.6 is 0 Å². The Morgan fingerprint density at radius 2 is 1.56 bits per heavy atom. The SMILES string of the molecule is CC(C)(C)OC(=O)NC1N=C(c2ccccc2F)c2ccccc2N(CC(=O)OC23CC4CC(CC(C4)C2)C3)C1=O. The van der Waals surface area contributed by atoms with E-state index >= 15 is 4.39 Å². The fraction of sp³-hybridized carbons (Fsp3) is 0.500. The summed E-state index contributed by atoms with van der Waals surface area (Å²) in [5.74, 6) is 0.105. The van der Waals surface area contributed by atoms with Crippen molar-refractivity contribution in [1.29, 1.82) is 0 Å². The molecule has 0 saturated heterocycles. The van der Waals surface area contributed by atoms with Crippen molar-refractivity contribution in [1.82, 2.24) is 5.32 Å². The summed E-state index contributed by atoms with van der Waals surface area (Å²) in [6.07, 6.45) is 3.94. The van der Waals surface area contributed by atoms with E-state index < -0.39 is 41.2 Å². The second-order valence-electron chi connectivity index (χ2n) is 13.0. The number of ether oxygens (including phenoxy) is 2. The predicted molar refractivity (Wildman–Crippen MR) is 151 cm³/mol. The maximum atomic E-state index is 15.1. The lowest BCUT2D eigenvalue weighted by Gasteiger charge is -2.55. The van der Waals surface area contributed by atoms with Crippen LogP contribution in [0.25, 0.3) is 0 Å². The number of esters is 1. The first-order valence-corrected chi connectivity index (χ1v) is 14.4. The van der Waals surface area contributed by atoms with E-state index in [4.69, 9.17) is 9.47 Å². The van der Waals surface area contributed by atoms with Crippen LogP contribution in [-0.4, -0.2) is 47.6 Å². The molecule has 4 saturated carbocycles. The van der Waals surface area contributed by atoms with Gasteiger partial charge in [-0.1, -0.05) is 30.3 Å². The van der Waals surface area contributed by atoms with Crippen molar-refractivity contribution in [2.75, 3.05) is 11.4 Å². The predicted octanol–water partition coefficient (Wildman–Crippen LogP) is 5.37. The average Bonchev–Trinajstić information content (AvgIpc) is 2.97. The maximum Gasteiger partial charge on any atom is 0.409 e. The van der Waals surface area contributed by atoms with Crippen LogP contribution in [0.5, 0.6) is 0 Å². The Morgan fingerprint density at radius 3 is 2.17 bits per heavy atom. The molecule has 4 fully saturated rings. The molecule has 1 N–H and O–H groups in total. The summed E-state index contributed by atoms with van der Waals surface area (Å²) in [5, 5.41) is 2.53. The first-order chi connectivity index (χ1) is 19.5. The Labute approximate surface area is 239 Å². The van der Waals surface area contributed by atoms with Crippen LogP contribution in [0.3, 0.4) is 0 Å². The molecule has 1 unspecified atom stereocenters. The second-order valence-corrected chi connectivity index (χ2v) is 13.0. The van der Waals surface area contributed by atoms with Crippen molar-refractivity contribution in [3.05, 3.63) is 65.5 Å². The van der Waals surface area contributed by atoms with E-state index in [-0.39, 0.29) is 17.8 Å². The highest BCUT2D eigenvalue weighted by Gasteiger charge is 2.53. The summed E-state index contributed by atoms with van der Waals surface area (Å²) < 4.78 is 26.7. The molecule has 1 aliphatic heterocycles. The quantitative estimate of drug-likeness (QED) is 0.495. The van der Waals surface area contributed by atoms with E-state index in [9.17, 15) is 14.4 Å². The van der Waals surface area contributed by atoms with Gasteiger partial charge in [0.2, 0.25) is 6.17 Å². The van der Waals surface area contributed by atoms with Crippen molar-refractivity contribution in [2.24, 2.45) is 22.7 Å². The Bertz CT molecular complexity index is 1380.